The Morgan fingerprint density at radius 3 is 2.83 bits per heavy atom. The highest BCUT2D eigenvalue weighted by atomic mass is 32.1. The van der Waals surface area contributed by atoms with E-state index in [-0.39, 0.29) is 0 Å². The monoisotopic (exact) mass is 345 g/mol. The van der Waals surface area contributed by atoms with E-state index in [9.17, 15) is 0 Å². The molecule has 0 saturated heterocycles. The highest BCUT2D eigenvalue weighted by Crippen LogP contribution is 2.31. The van der Waals surface area contributed by atoms with Crippen LogP contribution >= 0.6 is 22.9 Å². The average molecular weight is 345 g/mol. The molecule has 1 saturated carbocycles. The highest BCUT2D eigenvalue weighted by Gasteiger charge is 2.17. The van der Waals surface area contributed by atoms with E-state index >= 15 is 0 Å². The van der Waals surface area contributed by atoms with Crippen LogP contribution in [0.1, 0.15) is 37.8 Å². The molecular weight excluding hydrogens is 326 g/mol. The van der Waals surface area contributed by atoms with Gasteiger partial charge in [0.05, 0.1) is 15.9 Å². The summed E-state index contributed by atoms with van der Waals surface area (Å²) in [6.45, 7) is 1.99. The second-order valence-electron chi connectivity index (χ2n) is 5.97. The predicted molar refractivity (Wildman–Crippen MR) is 98.0 cm³/mol. The van der Waals surface area contributed by atoms with Crippen molar-refractivity contribution < 1.29 is 0 Å². The molecule has 0 atom stereocenters. The van der Waals surface area contributed by atoms with Crippen LogP contribution < -0.4 is 10.6 Å². The van der Waals surface area contributed by atoms with Gasteiger partial charge < -0.3 is 10.6 Å². The van der Waals surface area contributed by atoms with Crippen LogP contribution in [0.25, 0.3) is 10.2 Å². The molecule has 1 aliphatic rings. The van der Waals surface area contributed by atoms with Crippen molar-refractivity contribution in [3.8, 4) is 0 Å². The van der Waals surface area contributed by atoms with E-state index in [1.807, 2.05) is 13.0 Å². The first-order valence-electron chi connectivity index (χ1n) is 8.00. The van der Waals surface area contributed by atoms with Crippen LogP contribution in [-0.4, -0.2) is 20.4 Å². The van der Waals surface area contributed by atoms with Crippen LogP contribution in [0.4, 0.5) is 16.8 Å². The summed E-state index contributed by atoms with van der Waals surface area (Å²) in [7, 11) is 0. The first-order chi connectivity index (χ1) is 11.3. The lowest BCUT2D eigenvalue weighted by Crippen LogP contribution is -2.23. The fourth-order valence-electron chi connectivity index (χ4n) is 2.99. The van der Waals surface area contributed by atoms with Gasteiger partial charge in [-0.3, -0.25) is 0 Å². The maximum absolute atomic E-state index is 4.73. The molecule has 5 nitrogen and oxygen atoms in total. The number of nitrogens with zero attached hydrogens (tertiary/aromatic N) is 3. The third kappa shape index (κ3) is 3.30. The van der Waals surface area contributed by atoms with E-state index in [2.05, 4.69) is 31.4 Å². The minimum absolute atomic E-state index is 0.530. The smallest absolute Gasteiger partial charge is 0.230 e. The van der Waals surface area contributed by atoms with Crippen LogP contribution in [0.3, 0.4) is 0 Å². The molecule has 0 radical (unpaired) electrons. The Labute approximate surface area is 143 Å². The lowest BCUT2D eigenvalue weighted by Gasteiger charge is -2.23. The number of aryl methyl sites for hydroxylation is 1. The van der Waals surface area contributed by atoms with E-state index in [1.54, 1.807) is 11.3 Å². The third-order valence-corrected chi connectivity index (χ3v) is 5.82. The van der Waals surface area contributed by atoms with Crippen LogP contribution in [0.5, 0.6) is 0 Å². The van der Waals surface area contributed by atoms with Crippen molar-refractivity contribution in [2.75, 3.05) is 10.6 Å². The number of thiophene rings is 1. The average Bonchev–Trinajstić information content (AvgIpc) is 3.17. The van der Waals surface area contributed by atoms with Gasteiger partial charge in [-0.1, -0.05) is 19.3 Å². The van der Waals surface area contributed by atoms with Gasteiger partial charge in [-0.05, 0) is 48.8 Å². The van der Waals surface area contributed by atoms with Crippen molar-refractivity contribution in [1.82, 2.24) is 14.3 Å². The van der Waals surface area contributed by atoms with Crippen LogP contribution in [-0.2, 0) is 0 Å². The second kappa shape index (κ2) is 6.41. The molecule has 4 rings (SSSR count). The van der Waals surface area contributed by atoms with Crippen molar-refractivity contribution in [3.05, 3.63) is 23.2 Å². The number of fused-ring (bicyclic) bond motifs is 1. The zero-order valence-corrected chi connectivity index (χ0v) is 14.6. The minimum atomic E-state index is 0.530. The largest absolute Gasteiger partial charge is 0.366 e. The second-order valence-corrected chi connectivity index (χ2v) is 7.69. The van der Waals surface area contributed by atoms with Crippen LogP contribution in [0, 0.1) is 6.92 Å². The van der Waals surface area contributed by atoms with Gasteiger partial charge in [-0.25, -0.2) is 4.98 Å². The number of hydrogen-bond donors (Lipinski definition) is 2. The Bertz CT molecular complexity index is 804. The molecule has 3 aromatic rings. The quantitative estimate of drug-likeness (QED) is 0.701. The summed E-state index contributed by atoms with van der Waals surface area (Å²) < 4.78 is 5.43. The molecule has 3 aromatic heterocycles. The molecule has 2 N–H and O–H groups in total. The molecule has 23 heavy (non-hydrogen) atoms. The Morgan fingerprint density at radius 2 is 2.04 bits per heavy atom. The molecule has 0 spiro atoms. The fraction of sp³-hybridized carbons (Fsp3) is 0.438. The predicted octanol–water partition coefficient (Wildman–Crippen LogP) is 4.94. The Hall–Kier alpha value is -1.73. The standard InChI is InChI=1S/C16H19N5S2/c1-10-9-13(23-21-10)19-16-18-12-7-8-22-14(12)15(20-16)17-11-5-3-2-4-6-11/h7-9,11H,2-6H2,1H3,(H2,17,18,19,20). The first kappa shape index (κ1) is 14.8. The maximum Gasteiger partial charge on any atom is 0.230 e. The number of anilines is 3. The summed E-state index contributed by atoms with van der Waals surface area (Å²) in [6.07, 6.45) is 6.43. The Kier molecular flexibility index (Phi) is 4.13. The summed E-state index contributed by atoms with van der Waals surface area (Å²) in [5.74, 6) is 1.60. The molecule has 0 unspecified atom stereocenters. The van der Waals surface area contributed by atoms with Gasteiger partial charge in [-0.2, -0.15) is 9.36 Å². The molecule has 1 aliphatic carbocycles. The molecule has 0 aliphatic heterocycles. The molecule has 0 aromatic carbocycles. The Balaban J connectivity index is 1.63. The van der Waals surface area contributed by atoms with E-state index < -0.39 is 0 Å². The van der Waals surface area contributed by atoms with Crippen molar-refractivity contribution in [2.24, 2.45) is 0 Å². The van der Waals surface area contributed by atoms with E-state index in [1.165, 1.54) is 43.6 Å². The summed E-state index contributed by atoms with van der Waals surface area (Å²) in [6, 6.07) is 4.60. The summed E-state index contributed by atoms with van der Waals surface area (Å²) in [4.78, 5) is 9.35. The van der Waals surface area contributed by atoms with Crippen molar-refractivity contribution >= 4 is 49.9 Å². The van der Waals surface area contributed by atoms with Crippen LogP contribution in [0.2, 0.25) is 0 Å². The van der Waals surface area contributed by atoms with Gasteiger partial charge in [0.25, 0.3) is 0 Å². The number of rotatable bonds is 4. The van der Waals surface area contributed by atoms with Gasteiger partial charge in [0, 0.05) is 6.04 Å². The van der Waals surface area contributed by atoms with Crippen molar-refractivity contribution in [2.45, 2.75) is 45.1 Å². The van der Waals surface area contributed by atoms with Crippen molar-refractivity contribution in [1.29, 1.82) is 0 Å². The van der Waals surface area contributed by atoms with Gasteiger partial charge >= 0.3 is 0 Å². The van der Waals surface area contributed by atoms with Gasteiger partial charge in [0.2, 0.25) is 5.95 Å². The topological polar surface area (TPSA) is 62.7 Å². The van der Waals surface area contributed by atoms with E-state index in [4.69, 9.17) is 4.98 Å². The summed E-state index contributed by atoms with van der Waals surface area (Å²) in [5.41, 5.74) is 2.00. The van der Waals surface area contributed by atoms with Gasteiger partial charge in [-0.15, -0.1) is 11.3 Å². The lowest BCUT2D eigenvalue weighted by atomic mass is 9.95. The SMILES string of the molecule is Cc1cc(Nc2nc(NC3CCCCC3)c3sccc3n2)sn1. The molecule has 0 amide bonds. The molecule has 1 fully saturated rings. The minimum Gasteiger partial charge on any atom is -0.366 e. The zero-order valence-electron chi connectivity index (χ0n) is 13.0. The third-order valence-electron chi connectivity index (χ3n) is 4.11. The Morgan fingerprint density at radius 1 is 1.17 bits per heavy atom. The van der Waals surface area contributed by atoms with Gasteiger partial charge in [0.15, 0.2) is 0 Å². The fourth-order valence-corrected chi connectivity index (χ4v) is 4.43. The summed E-state index contributed by atoms with van der Waals surface area (Å²) in [5, 5.41) is 9.98. The first-order valence-corrected chi connectivity index (χ1v) is 9.65. The molecule has 0 bridgehead atoms. The summed E-state index contributed by atoms with van der Waals surface area (Å²) >= 11 is 3.13. The molecule has 3 heterocycles. The number of nitrogens with one attached hydrogen (secondary N) is 2. The molecular formula is C16H19N5S2. The normalized spacial score (nSPS) is 15.9. The zero-order chi connectivity index (χ0) is 15.6. The van der Waals surface area contributed by atoms with E-state index in [0.717, 1.165) is 26.7 Å². The maximum atomic E-state index is 4.73. The number of aromatic nitrogens is 3. The lowest BCUT2D eigenvalue weighted by molar-refractivity contribution is 0.462. The molecule has 7 heteroatoms. The van der Waals surface area contributed by atoms with Gasteiger partial charge in [0.1, 0.15) is 10.8 Å². The number of hydrogen-bond acceptors (Lipinski definition) is 7. The van der Waals surface area contributed by atoms with Crippen LogP contribution in [0.15, 0.2) is 17.5 Å². The van der Waals surface area contributed by atoms with Crippen molar-refractivity contribution in [3.63, 3.8) is 0 Å². The van der Waals surface area contributed by atoms with E-state index in [0.29, 0.717) is 12.0 Å². The highest BCUT2D eigenvalue weighted by molar-refractivity contribution is 7.17. The molecule has 120 valence electrons.